The minimum absolute atomic E-state index is 0.532. The monoisotopic (exact) mass is 363 g/mol. The van der Waals surface area contributed by atoms with Crippen LogP contribution in [-0.4, -0.2) is 35.6 Å². The van der Waals surface area contributed by atoms with Gasteiger partial charge in [-0.05, 0) is 48.2 Å². The van der Waals surface area contributed by atoms with Crippen LogP contribution in [0.15, 0.2) is 52.0 Å². The van der Waals surface area contributed by atoms with E-state index in [1.165, 1.54) is 17.1 Å². The van der Waals surface area contributed by atoms with Gasteiger partial charge in [-0.2, -0.15) is 0 Å². The van der Waals surface area contributed by atoms with Crippen LogP contribution in [0.2, 0.25) is 0 Å². The molecule has 22 heavy (non-hydrogen) atoms. The van der Waals surface area contributed by atoms with Crippen molar-refractivity contribution in [2.24, 2.45) is 10.9 Å². The summed E-state index contributed by atoms with van der Waals surface area (Å²) in [5.41, 5.74) is 3.68. The van der Waals surface area contributed by atoms with Gasteiger partial charge in [-0.3, -0.25) is 0 Å². The fourth-order valence-corrected chi connectivity index (χ4v) is 3.29. The Hall–Kier alpha value is -1.29. The number of rotatable bonds is 4. The number of hydrogen-bond donors (Lipinski definition) is 0. The molecule has 0 atom stereocenters. The van der Waals surface area contributed by atoms with E-state index in [4.69, 9.17) is 4.99 Å². The summed E-state index contributed by atoms with van der Waals surface area (Å²) in [5, 5.41) is 0. The van der Waals surface area contributed by atoms with Crippen LogP contribution in [0.4, 0.5) is 0 Å². The highest BCUT2D eigenvalue weighted by Gasteiger charge is 2.26. The normalized spacial score (nSPS) is 22.2. The van der Waals surface area contributed by atoms with Crippen molar-refractivity contribution in [2.75, 3.05) is 20.1 Å². The summed E-state index contributed by atoms with van der Waals surface area (Å²) in [4.78, 5) is 9.40. The van der Waals surface area contributed by atoms with Gasteiger partial charge in [0.15, 0.2) is 0 Å². The maximum atomic E-state index is 4.88. The molecule has 0 unspecified atom stereocenters. The molecule has 1 fully saturated rings. The number of piperidine rings is 1. The Labute approximate surface area is 142 Å². The minimum Gasteiger partial charge on any atom is -0.375 e. The first-order chi connectivity index (χ1) is 10.5. The number of allylic oxidation sites excluding steroid dienone is 5. The lowest BCUT2D eigenvalue weighted by Crippen LogP contribution is -2.36. The molecule has 0 aliphatic carbocycles. The molecule has 3 nitrogen and oxygen atoms in total. The average Bonchev–Trinajstić information content (AvgIpc) is 2.55. The van der Waals surface area contributed by atoms with Crippen LogP contribution in [0.3, 0.4) is 0 Å². The van der Waals surface area contributed by atoms with Crippen molar-refractivity contribution in [2.45, 2.75) is 33.1 Å². The molecule has 2 heterocycles. The van der Waals surface area contributed by atoms with Gasteiger partial charge < -0.3 is 9.80 Å². The molecular formula is C18H26BrN3. The topological polar surface area (TPSA) is 18.8 Å². The van der Waals surface area contributed by atoms with Crippen LogP contribution >= 0.6 is 15.9 Å². The zero-order valence-electron chi connectivity index (χ0n) is 13.9. The third kappa shape index (κ3) is 3.54. The Balaban J connectivity index is 2.16. The van der Waals surface area contributed by atoms with Gasteiger partial charge in [-0.15, -0.1) is 0 Å². The number of hydrogen-bond acceptors (Lipinski definition) is 3. The van der Waals surface area contributed by atoms with E-state index < -0.39 is 0 Å². The second kappa shape index (κ2) is 7.32. The Kier molecular flexibility index (Phi) is 5.68. The summed E-state index contributed by atoms with van der Waals surface area (Å²) in [7, 11) is 2.04. The van der Waals surface area contributed by atoms with Gasteiger partial charge in [0.1, 0.15) is 5.82 Å². The van der Waals surface area contributed by atoms with Crippen LogP contribution in [-0.2, 0) is 0 Å². The van der Waals surface area contributed by atoms with E-state index in [-0.39, 0.29) is 0 Å². The smallest absolute Gasteiger partial charge is 0.147 e. The molecule has 0 amide bonds. The standard InChI is InChI=1S/C18H26BrN3/c1-6-13(3)22-10-8-15(9-11-22)17-12-14(4)21(5)18(20-17)16(19)7-2/h7,12,15H,2-3,6,8-11H2,1,4-5H3/b18-16+. The van der Waals surface area contributed by atoms with Crippen molar-refractivity contribution in [3.8, 4) is 0 Å². The molecule has 0 N–H and O–H groups in total. The number of likely N-dealkylation sites (tertiary alicyclic amines) is 1. The van der Waals surface area contributed by atoms with Crippen LogP contribution in [0.5, 0.6) is 0 Å². The number of nitrogens with zero attached hydrogens (tertiary/aromatic N) is 3. The SMILES string of the molecule is C=C/C(Br)=C1/N=C(C2CCN(C(=C)CC)CC2)C=C(C)N1C. The molecule has 0 aromatic rings. The molecule has 0 bridgehead atoms. The van der Waals surface area contributed by atoms with Gasteiger partial charge in [-0.1, -0.05) is 26.2 Å². The van der Waals surface area contributed by atoms with E-state index in [9.17, 15) is 0 Å². The van der Waals surface area contributed by atoms with Gasteiger partial charge >= 0.3 is 0 Å². The second-order valence-corrected chi connectivity index (χ2v) is 6.79. The van der Waals surface area contributed by atoms with E-state index >= 15 is 0 Å². The molecule has 0 radical (unpaired) electrons. The summed E-state index contributed by atoms with van der Waals surface area (Å²) < 4.78 is 0.941. The third-order valence-electron chi connectivity index (χ3n) is 4.60. The lowest BCUT2D eigenvalue weighted by Gasteiger charge is -2.36. The van der Waals surface area contributed by atoms with Crippen molar-refractivity contribution in [1.82, 2.24) is 9.80 Å². The molecule has 0 aromatic carbocycles. The fraction of sp³-hybridized carbons (Fsp3) is 0.500. The maximum Gasteiger partial charge on any atom is 0.147 e. The molecule has 0 spiro atoms. The lowest BCUT2D eigenvalue weighted by molar-refractivity contribution is 0.255. The highest BCUT2D eigenvalue weighted by molar-refractivity contribution is 9.11. The average molecular weight is 364 g/mol. The summed E-state index contributed by atoms with van der Waals surface area (Å²) >= 11 is 3.56. The predicted octanol–water partition coefficient (Wildman–Crippen LogP) is 4.66. The van der Waals surface area contributed by atoms with Gasteiger partial charge in [0.2, 0.25) is 0 Å². The van der Waals surface area contributed by atoms with Crippen molar-refractivity contribution in [3.05, 3.63) is 47.0 Å². The molecular weight excluding hydrogens is 338 g/mol. The van der Waals surface area contributed by atoms with Crippen molar-refractivity contribution >= 4 is 21.6 Å². The molecule has 2 aliphatic rings. The summed E-state index contributed by atoms with van der Waals surface area (Å²) in [6.45, 7) is 14.5. The Morgan fingerprint density at radius 2 is 2.09 bits per heavy atom. The lowest BCUT2D eigenvalue weighted by atomic mass is 9.90. The van der Waals surface area contributed by atoms with E-state index in [0.29, 0.717) is 5.92 Å². The zero-order chi connectivity index (χ0) is 16.3. The Morgan fingerprint density at radius 1 is 1.45 bits per heavy atom. The second-order valence-electron chi connectivity index (χ2n) is 5.94. The van der Waals surface area contributed by atoms with Gasteiger partial charge in [0.25, 0.3) is 0 Å². The first-order valence-electron chi connectivity index (χ1n) is 7.93. The van der Waals surface area contributed by atoms with Gasteiger partial charge in [0.05, 0.1) is 4.48 Å². The first kappa shape index (κ1) is 17.1. The highest BCUT2D eigenvalue weighted by atomic mass is 79.9. The van der Waals surface area contributed by atoms with Crippen LogP contribution in [0.1, 0.15) is 33.1 Å². The molecule has 0 aromatic heterocycles. The van der Waals surface area contributed by atoms with E-state index in [1.54, 1.807) is 6.08 Å². The Morgan fingerprint density at radius 3 is 2.64 bits per heavy atom. The molecule has 120 valence electrons. The summed E-state index contributed by atoms with van der Waals surface area (Å²) in [6, 6.07) is 0. The van der Waals surface area contributed by atoms with E-state index in [0.717, 1.165) is 42.7 Å². The largest absolute Gasteiger partial charge is 0.375 e. The number of aliphatic imine (C=N–C) groups is 1. The van der Waals surface area contributed by atoms with E-state index in [2.05, 4.69) is 58.8 Å². The Bertz CT molecular complexity index is 549. The highest BCUT2D eigenvalue weighted by Crippen LogP contribution is 2.29. The molecule has 0 saturated carbocycles. The van der Waals surface area contributed by atoms with Gasteiger partial charge in [-0.25, -0.2) is 4.99 Å². The van der Waals surface area contributed by atoms with Crippen molar-refractivity contribution < 1.29 is 0 Å². The molecule has 2 rings (SSSR count). The quantitative estimate of drug-likeness (QED) is 0.722. The van der Waals surface area contributed by atoms with Gasteiger partial charge in [0, 0.05) is 43.2 Å². The molecule has 2 aliphatic heterocycles. The van der Waals surface area contributed by atoms with Crippen LogP contribution in [0.25, 0.3) is 0 Å². The first-order valence-corrected chi connectivity index (χ1v) is 8.72. The van der Waals surface area contributed by atoms with E-state index in [1.807, 2.05) is 7.05 Å². The fourth-order valence-electron chi connectivity index (χ4n) is 2.94. The van der Waals surface area contributed by atoms with Crippen molar-refractivity contribution in [1.29, 1.82) is 0 Å². The number of halogens is 1. The zero-order valence-corrected chi connectivity index (χ0v) is 15.5. The summed E-state index contributed by atoms with van der Waals surface area (Å²) in [5.74, 6) is 1.48. The predicted molar refractivity (Wildman–Crippen MR) is 98.8 cm³/mol. The van der Waals surface area contributed by atoms with Crippen molar-refractivity contribution in [3.63, 3.8) is 0 Å². The minimum atomic E-state index is 0.532. The van der Waals surface area contributed by atoms with Crippen LogP contribution < -0.4 is 0 Å². The molecule has 1 saturated heterocycles. The van der Waals surface area contributed by atoms with Crippen LogP contribution in [0, 0.1) is 5.92 Å². The summed E-state index contributed by atoms with van der Waals surface area (Å²) in [6.07, 6.45) is 7.35. The maximum absolute atomic E-state index is 4.88. The third-order valence-corrected chi connectivity index (χ3v) is 5.28. The molecule has 4 heteroatoms.